The number of carbonyl (C=O) groups excluding carboxylic acids is 1. The third-order valence-electron chi connectivity index (χ3n) is 5.18. The van der Waals surface area contributed by atoms with Crippen LogP contribution in [-0.4, -0.2) is 28.0 Å². The van der Waals surface area contributed by atoms with Crippen molar-refractivity contribution in [1.29, 1.82) is 0 Å². The van der Waals surface area contributed by atoms with Gasteiger partial charge in [0.05, 0.1) is 29.0 Å². The van der Waals surface area contributed by atoms with E-state index < -0.39 is 5.41 Å². The number of pyridine rings is 1. The van der Waals surface area contributed by atoms with E-state index in [1.54, 1.807) is 37.6 Å². The van der Waals surface area contributed by atoms with Crippen molar-refractivity contribution in [3.63, 3.8) is 0 Å². The van der Waals surface area contributed by atoms with Gasteiger partial charge in [-0.3, -0.25) is 9.78 Å². The van der Waals surface area contributed by atoms with Crippen LogP contribution in [0.15, 0.2) is 61.1 Å². The van der Waals surface area contributed by atoms with E-state index in [0.717, 1.165) is 16.8 Å². The minimum Gasteiger partial charge on any atom is -0.495 e. The van der Waals surface area contributed by atoms with Crippen molar-refractivity contribution in [2.24, 2.45) is 5.41 Å². The number of fused-ring (bicyclic) bond motifs is 1. The van der Waals surface area contributed by atoms with Crippen molar-refractivity contribution in [2.45, 2.75) is 27.4 Å². The van der Waals surface area contributed by atoms with E-state index in [9.17, 15) is 4.79 Å². The van der Waals surface area contributed by atoms with Crippen LogP contribution in [-0.2, 0) is 11.4 Å². The number of carbonyl (C=O) groups is 1. The van der Waals surface area contributed by atoms with Crippen molar-refractivity contribution < 1.29 is 14.3 Å². The zero-order chi connectivity index (χ0) is 25.0. The van der Waals surface area contributed by atoms with Gasteiger partial charge in [0, 0.05) is 22.7 Å². The maximum Gasteiger partial charge on any atom is 0.229 e. The fourth-order valence-corrected chi connectivity index (χ4v) is 3.46. The molecule has 2 aromatic carbocycles. The highest BCUT2D eigenvalue weighted by molar-refractivity contribution is 6.32. The zero-order valence-corrected chi connectivity index (χ0v) is 20.7. The Balaban J connectivity index is 1.57. The van der Waals surface area contributed by atoms with Crippen LogP contribution >= 0.6 is 11.6 Å². The molecule has 180 valence electrons. The first-order valence-electron chi connectivity index (χ1n) is 11.0. The number of nitrogens with zero attached hydrogens (tertiary/aromatic N) is 3. The summed E-state index contributed by atoms with van der Waals surface area (Å²) in [5.74, 6) is 1.50. The fraction of sp³-hybridized carbons (Fsp3) is 0.231. The van der Waals surface area contributed by atoms with Crippen LogP contribution in [0, 0.1) is 5.41 Å². The maximum absolute atomic E-state index is 12.5. The zero-order valence-electron chi connectivity index (χ0n) is 19.9. The van der Waals surface area contributed by atoms with E-state index in [4.69, 9.17) is 21.1 Å². The van der Waals surface area contributed by atoms with Crippen LogP contribution in [0.5, 0.6) is 11.5 Å². The molecule has 0 spiro atoms. The Hall–Kier alpha value is -3.91. The van der Waals surface area contributed by atoms with Gasteiger partial charge in [0.15, 0.2) is 0 Å². The number of ether oxygens (including phenoxy) is 2. The first kappa shape index (κ1) is 24.2. The molecule has 0 atom stereocenters. The molecular weight excluding hydrogens is 466 g/mol. The fourth-order valence-electron chi connectivity index (χ4n) is 3.23. The molecule has 0 aliphatic heterocycles. The molecule has 8 nitrogen and oxygen atoms in total. The van der Waals surface area contributed by atoms with Crippen LogP contribution in [0.3, 0.4) is 0 Å². The van der Waals surface area contributed by atoms with Gasteiger partial charge in [-0.2, -0.15) is 0 Å². The summed E-state index contributed by atoms with van der Waals surface area (Å²) in [6, 6.07) is 14.6. The minimum absolute atomic E-state index is 0.123. The SMILES string of the molecule is COc1cc2c(Nc3ccc(OCc4ccccn4)c(Cl)c3)ncnc2cc1NC(=O)C(C)(C)C. The maximum atomic E-state index is 12.5. The Morgan fingerprint density at radius 3 is 2.54 bits per heavy atom. The average Bonchev–Trinajstić information content (AvgIpc) is 2.83. The Kier molecular flexibility index (Phi) is 7.02. The van der Waals surface area contributed by atoms with Gasteiger partial charge >= 0.3 is 0 Å². The Labute approximate surface area is 208 Å². The summed E-state index contributed by atoms with van der Waals surface area (Å²) >= 11 is 6.46. The minimum atomic E-state index is -0.550. The summed E-state index contributed by atoms with van der Waals surface area (Å²) in [6.07, 6.45) is 3.17. The standard InChI is InChI=1S/C26H26ClN5O3/c1-26(2,3)25(33)32-21-13-20-18(12-23(21)34-4)24(30-15-29-20)31-16-8-9-22(19(27)11-16)35-14-17-7-5-6-10-28-17/h5-13,15H,14H2,1-4H3,(H,32,33)(H,29,30,31). The van der Waals surface area contributed by atoms with Crippen molar-refractivity contribution in [3.8, 4) is 11.5 Å². The third-order valence-corrected chi connectivity index (χ3v) is 5.48. The first-order valence-corrected chi connectivity index (χ1v) is 11.4. The van der Waals surface area contributed by atoms with Gasteiger partial charge in [-0.25, -0.2) is 9.97 Å². The second kappa shape index (κ2) is 10.1. The number of halogens is 1. The topological polar surface area (TPSA) is 98.3 Å². The number of hydrogen-bond acceptors (Lipinski definition) is 7. The van der Waals surface area contributed by atoms with Crippen molar-refractivity contribution in [1.82, 2.24) is 15.0 Å². The van der Waals surface area contributed by atoms with Gasteiger partial charge in [0.2, 0.25) is 5.91 Å². The van der Waals surface area contributed by atoms with E-state index in [1.165, 1.54) is 6.33 Å². The molecule has 0 aliphatic rings. The summed E-state index contributed by atoms with van der Waals surface area (Å²) in [5, 5.41) is 7.38. The van der Waals surface area contributed by atoms with E-state index in [-0.39, 0.29) is 5.91 Å². The molecule has 35 heavy (non-hydrogen) atoms. The Morgan fingerprint density at radius 1 is 1.03 bits per heavy atom. The molecule has 0 radical (unpaired) electrons. The molecule has 1 amide bonds. The quantitative estimate of drug-likeness (QED) is 0.327. The molecule has 0 unspecified atom stereocenters. The molecule has 2 aromatic heterocycles. The summed E-state index contributed by atoms with van der Waals surface area (Å²) in [5.41, 5.74) is 2.18. The number of methoxy groups -OCH3 is 1. The molecule has 0 aliphatic carbocycles. The molecular formula is C26H26ClN5O3. The number of benzene rings is 2. The molecule has 0 saturated carbocycles. The van der Waals surface area contributed by atoms with Gasteiger partial charge in [-0.1, -0.05) is 38.4 Å². The van der Waals surface area contributed by atoms with Crippen molar-refractivity contribution in [2.75, 3.05) is 17.7 Å². The highest BCUT2D eigenvalue weighted by atomic mass is 35.5. The average molecular weight is 492 g/mol. The van der Waals surface area contributed by atoms with Gasteiger partial charge < -0.3 is 20.1 Å². The molecule has 4 aromatic rings. The van der Waals surface area contributed by atoms with E-state index in [0.29, 0.717) is 40.2 Å². The number of anilines is 3. The largest absolute Gasteiger partial charge is 0.495 e. The summed E-state index contributed by atoms with van der Waals surface area (Å²) in [6.45, 7) is 5.86. The lowest BCUT2D eigenvalue weighted by molar-refractivity contribution is -0.123. The predicted molar refractivity (Wildman–Crippen MR) is 137 cm³/mol. The van der Waals surface area contributed by atoms with Gasteiger partial charge in [-0.15, -0.1) is 0 Å². The number of nitrogens with one attached hydrogen (secondary N) is 2. The smallest absolute Gasteiger partial charge is 0.229 e. The summed E-state index contributed by atoms with van der Waals surface area (Å²) in [4.78, 5) is 25.5. The van der Waals surface area contributed by atoms with E-state index in [2.05, 4.69) is 25.6 Å². The van der Waals surface area contributed by atoms with E-state index >= 15 is 0 Å². The second-order valence-corrected chi connectivity index (χ2v) is 9.28. The second-order valence-electron chi connectivity index (χ2n) is 8.88. The molecule has 0 saturated heterocycles. The Morgan fingerprint density at radius 2 is 1.86 bits per heavy atom. The number of hydrogen-bond donors (Lipinski definition) is 2. The molecule has 4 rings (SSSR count). The molecule has 0 fully saturated rings. The monoisotopic (exact) mass is 491 g/mol. The molecule has 2 heterocycles. The van der Waals surface area contributed by atoms with E-state index in [1.807, 2.05) is 45.0 Å². The summed E-state index contributed by atoms with van der Waals surface area (Å²) < 4.78 is 11.3. The first-order chi connectivity index (χ1) is 16.7. The van der Waals surface area contributed by atoms with Crippen molar-refractivity contribution in [3.05, 3.63) is 71.8 Å². The normalized spacial score (nSPS) is 11.2. The van der Waals surface area contributed by atoms with Crippen LogP contribution in [0.2, 0.25) is 5.02 Å². The molecule has 0 bridgehead atoms. The highest BCUT2D eigenvalue weighted by Crippen LogP contribution is 2.35. The third kappa shape index (κ3) is 5.78. The van der Waals surface area contributed by atoms with Crippen LogP contribution in [0.1, 0.15) is 26.5 Å². The molecule has 9 heteroatoms. The lowest BCUT2D eigenvalue weighted by Gasteiger charge is -2.19. The van der Waals surface area contributed by atoms with Crippen LogP contribution in [0.4, 0.5) is 17.2 Å². The summed E-state index contributed by atoms with van der Waals surface area (Å²) in [7, 11) is 1.55. The molecule has 2 N–H and O–H groups in total. The number of rotatable bonds is 7. The van der Waals surface area contributed by atoms with Gasteiger partial charge in [-0.05, 0) is 42.5 Å². The number of amides is 1. The van der Waals surface area contributed by atoms with Crippen LogP contribution < -0.4 is 20.1 Å². The predicted octanol–water partition coefficient (Wildman–Crippen LogP) is 5.99. The van der Waals surface area contributed by atoms with Crippen molar-refractivity contribution >= 4 is 45.6 Å². The number of aromatic nitrogens is 3. The lowest BCUT2D eigenvalue weighted by atomic mass is 9.95. The van der Waals surface area contributed by atoms with Crippen LogP contribution in [0.25, 0.3) is 10.9 Å². The Bertz CT molecular complexity index is 1360. The van der Waals surface area contributed by atoms with Gasteiger partial charge in [0.1, 0.15) is 30.3 Å². The van der Waals surface area contributed by atoms with Gasteiger partial charge in [0.25, 0.3) is 0 Å². The highest BCUT2D eigenvalue weighted by Gasteiger charge is 2.23. The lowest BCUT2D eigenvalue weighted by Crippen LogP contribution is -2.27.